The number of methoxy groups -OCH3 is 1. The van der Waals surface area contributed by atoms with Crippen LogP contribution in [0.1, 0.15) is 31.9 Å². The fraction of sp³-hybridized carbons (Fsp3) is 0.643. The molecule has 2 N–H and O–H groups in total. The summed E-state index contributed by atoms with van der Waals surface area (Å²) >= 11 is 0. The fourth-order valence-electron chi connectivity index (χ4n) is 2.74. The number of nitrogens with zero attached hydrogens (tertiary/aromatic N) is 2. The average Bonchev–Trinajstić information content (AvgIpc) is 2.87. The van der Waals surface area contributed by atoms with Crippen LogP contribution in [0.4, 0.5) is 0 Å². The van der Waals surface area contributed by atoms with Crippen molar-refractivity contribution in [2.45, 2.75) is 43.6 Å². The first kappa shape index (κ1) is 16.4. The van der Waals surface area contributed by atoms with E-state index in [1.807, 2.05) is 0 Å². The molecule has 3 atom stereocenters. The van der Waals surface area contributed by atoms with Crippen LogP contribution in [0.2, 0.25) is 0 Å². The molecule has 0 unspecified atom stereocenters. The molecule has 0 spiro atoms. The van der Waals surface area contributed by atoms with E-state index < -0.39 is 29.2 Å². The second kappa shape index (κ2) is 6.87. The maximum absolute atomic E-state index is 11.9. The van der Waals surface area contributed by atoms with Gasteiger partial charge in [-0.25, -0.2) is 4.79 Å². The molecule has 0 amide bonds. The van der Waals surface area contributed by atoms with E-state index in [9.17, 15) is 14.7 Å². The van der Waals surface area contributed by atoms with Crippen molar-refractivity contribution in [2.24, 2.45) is 0 Å². The monoisotopic (exact) mass is 309 g/mol. The Hall–Kier alpha value is -1.95. The molecule has 0 bridgehead atoms. The van der Waals surface area contributed by atoms with Gasteiger partial charge < -0.3 is 14.6 Å². The highest BCUT2D eigenvalue weighted by atomic mass is 16.6. The van der Waals surface area contributed by atoms with Gasteiger partial charge in [0.15, 0.2) is 6.23 Å². The van der Waals surface area contributed by atoms with Crippen LogP contribution in [0, 0.1) is 11.3 Å². The number of unbranched alkanes of at least 4 members (excludes halogenated alkanes) is 1. The smallest absolute Gasteiger partial charge is 0.330 e. The lowest BCUT2D eigenvalue weighted by atomic mass is 9.93. The van der Waals surface area contributed by atoms with Crippen LogP contribution >= 0.6 is 0 Å². The zero-order valence-electron chi connectivity index (χ0n) is 12.3. The van der Waals surface area contributed by atoms with Gasteiger partial charge >= 0.3 is 5.69 Å². The summed E-state index contributed by atoms with van der Waals surface area (Å²) in [5, 5.41) is 18.3. The van der Waals surface area contributed by atoms with Gasteiger partial charge in [0.1, 0.15) is 6.10 Å². The number of hydrogen-bond acceptors (Lipinski definition) is 6. The number of nitriles is 1. The number of aliphatic hydroxyl groups excluding tert-OH is 1. The number of rotatable bonds is 6. The first-order valence-corrected chi connectivity index (χ1v) is 7.05. The number of ether oxygens (including phenoxy) is 2. The maximum atomic E-state index is 11.9. The Morgan fingerprint density at radius 2 is 2.41 bits per heavy atom. The molecular weight excluding hydrogens is 290 g/mol. The van der Waals surface area contributed by atoms with Crippen LogP contribution in [0.3, 0.4) is 0 Å². The predicted octanol–water partition coefficient (Wildman–Crippen LogP) is -0.105. The Bertz CT molecular complexity index is 661. The average molecular weight is 309 g/mol. The van der Waals surface area contributed by atoms with Gasteiger partial charge in [-0.2, -0.15) is 5.26 Å². The van der Waals surface area contributed by atoms with Gasteiger partial charge in [0.2, 0.25) is 0 Å². The molecule has 0 saturated carbocycles. The second-order valence-corrected chi connectivity index (χ2v) is 5.36. The molecule has 0 aliphatic carbocycles. The van der Waals surface area contributed by atoms with Crippen LogP contribution in [0.25, 0.3) is 0 Å². The molecule has 1 saturated heterocycles. The molecule has 22 heavy (non-hydrogen) atoms. The third kappa shape index (κ3) is 3.27. The predicted molar refractivity (Wildman–Crippen MR) is 76.1 cm³/mol. The first-order valence-electron chi connectivity index (χ1n) is 7.05. The van der Waals surface area contributed by atoms with Gasteiger partial charge in [-0.1, -0.05) is 0 Å². The van der Waals surface area contributed by atoms with Gasteiger partial charge in [-0.15, -0.1) is 0 Å². The lowest BCUT2D eigenvalue weighted by Gasteiger charge is -2.26. The van der Waals surface area contributed by atoms with Crippen LogP contribution in [-0.2, 0) is 9.47 Å². The summed E-state index contributed by atoms with van der Waals surface area (Å²) in [5.41, 5.74) is -1.93. The summed E-state index contributed by atoms with van der Waals surface area (Å²) in [6, 6.07) is 3.28. The molecular formula is C14H19N3O5. The van der Waals surface area contributed by atoms with E-state index in [0.29, 0.717) is 25.7 Å². The number of hydrogen-bond donors (Lipinski definition) is 2. The summed E-state index contributed by atoms with van der Waals surface area (Å²) in [4.78, 5) is 25.2. The van der Waals surface area contributed by atoms with E-state index >= 15 is 0 Å². The van der Waals surface area contributed by atoms with Crippen molar-refractivity contribution in [3.8, 4) is 6.07 Å². The normalized spacial score (nSPS) is 27.7. The molecule has 0 radical (unpaired) electrons. The van der Waals surface area contributed by atoms with Gasteiger partial charge in [0.25, 0.3) is 5.56 Å². The van der Waals surface area contributed by atoms with Crippen molar-refractivity contribution in [3.05, 3.63) is 33.1 Å². The van der Waals surface area contributed by atoms with E-state index in [1.54, 1.807) is 0 Å². The highest BCUT2D eigenvalue weighted by Gasteiger charge is 2.47. The minimum absolute atomic E-state index is 0.229. The second-order valence-electron chi connectivity index (χ2n) is 5.36. The van der Waals surface area contributed by atoms with Crippen molar-refractivity contribution >= 4 is 0 Å². The third-order valence-electron chi connectivity index (χ3n) is 3.90. The van der Waals surface area contributed by atoms with Crippen molar-refractivity contribution in [2.75, 3.05) is 13.7 Å². The van der Waals surface area contributed by atoms with E-state index in [1.165, 1.54) is 23.9 Å². The molecule has 8 nitrogen and oxygen atoms in total. The number of aromatic amines is 1. The number of H-pyrrole nitrogens is 1. The van der Waals surface area contributed by atoms with Crippen molar-refractivity contribution in [1.82, 2.24) is 9.55 Å². The zero-order chi connectivity index (χ0) is 16.2. The summed E-state index contributed by atoms with van der Waals surface area (Å²) in [5.74, 6) is 0. The molecule has 2 heterocycles. The maximum Gasteiger partial charge on any atom is 0.330 e. The van der Waals surface area contributed by atoms with Crippen LogP contribution in [0.5, 0.6) is 0 Å². The highest BCUT2D eigenvalue weighted by Crippen LogP contribution is 2.40. The van der Waals surface area contributed by atoms with Crippen molar-refractivity contribution in [1.29, 1.82) is 5.26 Å². The molecule has 1 aromatic heterocycles. The first-order chi connectivity index (χ1) is 10.5. The van der Waals surface area contributed by atoms with Gasteiger partial charge in [-0.05, 0) is 12.8 Å². The molecule has 2 rings (SSSR count). The topological polar surface area (TPSA) is 117 Å². The van der Waals surface area contributed by atoms with Gasteiger partial charge in [0, 0.05) is 32.2 Å². The quantitative estimate of drug-likeness (QED) is 0.708. The van der Waals surface area contributed by atoms with E-state index in [-0.39, 0.29) is 6.61 Å². The summed E-state index contributed by atoms with van der Waals surface area (Å²) < 4.78 is 12.5. The van der Waals surface area contributed by atoms with E-state index in [2.05, 4.69) is 11.1 Å². The van der Waals surface area contributed by atoms with Crippen LogP contribution < -0.4 is 11.2 Å². The summed E-state index contributed by atoms with van der Waals surface area (Å²) in [6.45, 7) is -0.229. The zero-order valence-corrected chi connectivity index (χ0v) is 12.3. The Labute approximate surface area is 126 Å². The minimum atomic E-state index is -0.849. The van der Waals surface area contributed by atoms with E-state index in [0.717, 1.165) is 0 Å². The molecule has 1 aliphatic heterocycles. The standard InChI is InChI=1S/C14H19N3O5/c1-21-10-8-14(9-18,5-2-3-6-15)22-12(10)17-7-4-11(19)16-13(17)20/h4,7,10,12,18H,2-3,5,8-9H2,1H3,(H,16,19,20)/t10-,12-,14+/m1/s1. The molecule has 1 aromatic rings. The minimum Gasteiger partial charge on any atom is -0.393 e. The molecule has 120 valence electrons. The summed E-state index contributed by atoms with van der Waals surface area (Å²) in [6.07, 6.45) is 2.03. The molecule has 0 aromatic carbocycles. The van der Waals surface area contributed by atoms with Gasteiger partial charge in [0.05, 0.1) is 18.3 Å². The fourth-order valence-corrected chi connectivity index (χ4v) is 2.74. The van der Waals surface area contributed by atoms with Crippen LogP contribution in [-0.4, -0.2) is 40.1 Å². The lowest BCUT2D eigenvalue weighted by molar-refractivity contribution is -0.117. The SMILES string of the molecule is CO[C@@H]1C[C@](CO)(CCCC#N)O[C@H]1n1ccc(=O)[nH]c1=O. The number of aliphatic hydroxyl groups is 1. The third-order valence-corrected chi connectivity index (χ3v) is 3.90. The Morgan fingerprint density at radius 3 is 3.00 bits per heavy atom. The molecule has 8 heteroatoms. The van der Waals surface area contributed by atoms with Crippen molar-refractivity contribution < 1.29 is 14.6 Å². The largest absolute Gasteiger partial charge is 0.393 e. The van der Waals surface area contributed by atoms with Gasteiger partial charge in [-0.3, -0.25) is 14.3 Å². The highest BCUT2D eigenvalue weighted by molar-refractivity contribution is 4.96. The molecule has 1 aliphatic rings. The number of aromatic nitrogens is 2. The van der Waals surface area contributed by atoms with Crippen molar-refractivity contribution in [3.63, 3.8) is 0 Å². The Morgan fingerprint density at radius 1 is 1.64 bits per heavy atom. The Balaban J connectivity index is 2.26. The molecule has 1 fully saturated rings. The number of nitrogens with one attached hydrogen (secondary N) is 1. The Kier molecular flexibility index (Phi) is 5.13. The van der Waals surface area contributed by atoms with Crippen LogP contribution in [0.15, 0.2) is 21.9 Å². The summed E-state index contributed by atoms with van der Waals surface area (Å²) in [7, 11) is 1.50. The lowest BCUT2D eigenvalue weighted by Crippen LogP contribution is -2.36. The van der Waals surface area contributed by atoms with E-state index in [4.69, 9.17) is 14.7 Å².